The van der Waals surface area contributed by atoms with E-state index in [2.05, 4.69) is 41.5 Å². The predicted octanol–water partition coefficient (Wildman–Crippen LogP) is 5.56. The van der Waals surface area contributed by atoms with Gasteiger partial charge in [0, 0.05) is 30.8 Å². The van der Waals surface area contributed by atoms with Crippen molar-refractivity contribution in [1.82, 2.24) is 0 Å². The van der Waals surface area contributed by atoms with Crippen LogP contribution in [0.25, 0.3) is 6.08 Å². The highest BCUT2D eigenvalue weighted by atomic mass is 28.4. The fraction of sp³-hybridized carbons (Fsp3) is 0.690. The molecule has 5 rings (SSSR count). The zero-order valence-electron chi connectivity index (χ0n) is 23.7. The Balaban J connectivity index is 1.57. The molecule has 9 heteroatoms. The summed E-state index contributed by atoms with van der Waals surface area (Å²) in [5.41, 5.74) is 0.887. The van der Waals surface area contributed by atoms with Crippen LogP contribution in [0.4, 0.5) is 0 Å². The Kier molecular flexibility index (Phi) is 6.80. The van der Waals surface area contributed by atoms with E-state index in [1.165, 1.54) is 7.11 Å². The standard InChI is InChI=1S/C29H40O8Si/c1-14(2)38(15(3)4,16(5)6)37-22-12-20-19(22)13-24(30)29-26(36-29)23(35-28(29)32)10-17(7)9-18-11-21(25(20)34-18)27(31)33-8/h9,11,14-16,19-20,22-23,26H,10,12-13H2,1-8H3/b17-9-/t19-,20+,22+,23+,26+,29+/m1/s1. The number of ether oxygens (including phenoxy) is 3. The molecule has 0 spiro atoms. The summed E-state index contributed by atoms with van der Waals surface area (Å²) in [5, 5.41) is 0. The Hall–Kier alpha value is -2.23. The van der Waals surface area contributed by atoms with Crippen LogP contribution in [-0.2, 0) is 28.2 Å². The van der Waals surface area contributed by atoms with E-state index in [1.54, 1.807) is 6.07 Å². The zero-order valence-corrected chi connectivity index (χ0v) is 24.7. The fourth-order valence-electron chi connectivity index (χ4n) is 7.51. The summed E-state index contributed by atoms with van der Waals surface area (Å²) in [6.45, 7) is 15.3. The monoisotopic (exact) mass is 544 g/mol. The largest absolute Gasteiger partial charge is 0.465 e. The Labute approximate surface area is 225 Å². The smallest absolute Gasteiger partial charge is 0.349 e. The van der Waals surface area contributed by atoms with Gasteiger partial charge < -0.3 is 23.1 Å². The highest BCUT2D eigenvalue weighted by Gasteiger charge is 2.77. The molecule has 1 saturated carbocycles. The Morgan fingerprint density at radius 3 is 2.32 bits per heavy atom. The van der Waals surface area contributed by atoms with Crippen LogP contribution in [0.3, 0.4) is 0 Å². The van der Waals surface area contributed by atoms with Crippen molar-refractivity contribution in [3.63, 3.8) is 0 Å². The highest BCUT2D eigenvalue weighted by molar-refractivity contribution is 6.77. The molecule has 1 aromatic heterocycles. The molecular weight excluding hydrogens is 504 g/mol. The molecule has 1 aliphatic carbocycles. The molecular formula is C29H40O8Si. The van der Waals surface area contributed by atoms with Crippen LogP contribution >= 0.6 is 0 Å². The first-order chi connectivity index (χ1) is 17.9. The number of methoxy groups -OCH3 is 1. The van der Waals surface area contributed by atoms with Gasteiger partial charge in [-0.1, -0.05) is 47.1 Å². The van der Waals surface area contributed by atoms with Gasteiger partial charge in [0.25, 0.3) is 5.60 Å². The van der Waals surface area contributed by atoms with Gasteiger partial charge in [-0.15, -0.1) is 0 Å². The van der Waals surface area contributed by atoms with Crippen LogP contribution in [0.1, 0.15) is 95.5 Å². The lowest BCUT2D eigenvalue weighted by Crippen LogP contribution is -2.56. The third-order valence-electron chi connectivity index (χ3n) is 9.37. The van der Waals surface area contributed by atoms with E-state index < -0.39 is 38.1 Å². The minimum Gasteiger partial charge on any atom is -0.465 e. The van der Waals surface area contributed by atoms with Crippen molar-refractivity contribution in [2.45, 2.75) is 114 Å². The van der Waals surface area contributed by atoms with Gasteiger partial charge in [0.15, 0.2) is 5.78 Å². The van der Waals surface area contributed by atoms with Crippen molar-refractivity contribution < 1.29 is 37.4 Å². The van der Waals surface area contributed by atoms with Crippen molar-refractivity contribution in [1.29, 1.82) is 0 Å². The van der Waals surface area contributed by atoms with E-state index in [4.69, 9.17) is 23.1 Å². The van der Waals surface area contributed by atoms with Crippen LogP contribution < -0.4 is 0 Å². The second-order valence-electron chi connectivity index (χ2n) is 12.4. The molecule has 208 valence electrons. The summed E-state index contributed by atoms with van der Waals surface area (Å²) in [7, 11) is -0.906. The topological polar surface area (TPSA) is 105 Å². The van der Waals surface area contributed by atoms with E-state index in [-0.39, 0.29) is 30.1 Å². The average Bonchev–Trinajstić information content (AvgIpc) is 3.38. The Bertz CT molecular complexity index is 1160. The SMILES string of the molecule is COC(=O)c1cc2oc1[C@H]1C[C@H](O[Si](C(C)C)(C(C)C)C(C)C)[C@@H]1CC(=O)[C@]13O[C@H]1[C@H](C/C(C)=C\2)OC3=O. The van der Waals surface area contributed by atoms with Gasteiger partial charge in [-0.05, 0) is 42.1 Å². The summed E-state index contributed by atoms with van der Waals surface area (Å²) < 4.78 is 29.9. The van der Waals surface area contributed by atoms with Crippen molar-refractivity contribution in [3.8, 4) is 0 Å². The quantitative estimate of drug-likeness (QED) is 0.198. The number of hydrogen-bond acceptors (Lipinski definition) is 8. The second kappa shape index (κ2) is 9.45. The summed E-state index contributed by atoms with van der Waals surface area (Å²) in [6, 6.07) is 1.71. The zero-order chi connectivity index (χ0) is 27.7. The number of hydrogen-bond donors (Lipinski definition) is 0. The summed E-state index contributed by atoms with van der Waals surface area (Å²) in [4.78, 5) is 39.4. The van der Waals surface area contributed by atoms with Gasteiger partial charge in [0.2, 0.25) is 8.32 Å². The molecule has 38 heavy (non-hydrogen) atoms. The number of ketones is 1. The number of carbonyl (C=O) groups excluding carboxylic acids is 3. The number of furan rings is 1. The van der Waals surface area contributed by atoms with Crippen LogP contribution in [0.5, 0.6) is 0 Å². The van der Waals surface area contributed by atoms with Crippen molar-refractivity contribution in [3.05, 3.63) is 28.7 Å². The molecule has 4 heterocycles. The van der Waals surface area contributed by atoms with Gasteiger partial charge in [-0.3, -0.25) is 4.79 Å². The maximum atomic E-state index is 13.8. The number of fused-ring (bicyclic) bond motifs is 4. The van der Waals surface area contributed by atoms with E-state index in [9.17, 15) is 14.4 Å². The summed E-state index contributed by atoms with van der Waals surface area (Å²) in [5.74, 6) is -0.742. The first-order valence-corrected chi connectivity index (χ1v) is 16.0. The van der Waals surface area contributed by atoms with Gasteiger partial charge in [0.05, 0.1) is 7.11 Å². The molecule has 0 radical (unpaired) electrons. The molecule has 2 saturated heterocycles. The summed E-state index contributed by atoms with van der Waals surface area (Å²) >= 11 is 0. The highest BCUT2D eigenvalue weighted by Crippen LogP contribution is 2.56. The third kappa shape index (κ3) is 3.95. The minimum atomic E-state index is -2.26. The Morgan fingerprint density at radius 1 is 1.08 bits per heavy atom. The first-order valence-electron chi connectivity index (χ1n) is 13.9. The number of esters is 2. The van der Waals surface area contributed by atoms with E-state index >= 15 is 0 Å². The van der Waals surface area contributed by atoms with E-state index in [1.807, 2.05) is 13.0 Å². The van der Waals surface area contributed by atoms with E-state index in [0.717, 1.165) is 5.57 Å². The molecule has 1 aromatic rings. The molecule has 4 bridgehead atoms. The van der Waals surface area contributed by atoms with Crippen molar-refractivity contribution >= 4 is 32.1 Å². The number of epoxide rings is 1. The molecule has 0 N–H and O–H groups in total. The first kappa shape index (κ1) is 27.3. The Morgan fingerprint density at radius 2 is 1.74 bits per heavy atom. The molecule has 3 fully saturated rings. The second-order valence-corrected chi connectivity index (χ2v) is 17.8. The lowest BCUT2D eigenvalue weighted by Gasteiger charge is -2.52. The molecule has 6 atom stereocenters. The average molecular weight is 545 g/mol. The molecule has 0 aromatic carbocycles. The summed E-state index contributed by atoms with van der Waals surface area (Å²) in [6.07, 6.45) is 1.71. The van der Waals surface area contributed by atoms with Gasteiger partial charge >= 0.3 is 11.9 Å². The molecule has 4 aliphatic rings. The maximum absolute atomic E-state index is 13.8. The van der Waals surface area contributed by atoms with E-state index in [0.29, 0.717) is 46.5 Å². The minimum absolute atomic E-state index is 0.0927. The van der Waals surface area contributed by atoms with Crippen molar-refractivity contribution in [2.75, 3.05) is 7.11 Å². The lowest BCUT2D eigenvalue weighted by molar-refractivity contribution is -0.157. The van der Waals surface area contributed by atoms with Crippen molar-refractivity contribution in [2.24, 2.45) is 5.92 Å². The molecule has 0 amide bonds. The number of rotatable bonds is 6. The van der Waals surface area contributed by atoms with Gasteiger partial charge in [-0.2, -0.15) is 0 Å². The van der Waals surface area contributed by atoms with Crippen LogP contribution in [0, 0.1) is 5.92 Å². The number of carbonyl (C=O) groups is 3. The number of Topliss-reactive ketones (excluding diaryl/α,β-unsaturated/α-hetero) is 1. The van der Waals surface area contributed by atoms with Crippen LogP contribution in [0.2, 0.25) is 16.6 Å². The maximum Gasteiger partial charge on any atom is 0.349 e. The van der Waals surface area contributed by atoms with Gasteiger partial charge in [0.1, 0.15) is 29.3 Å². The molecule has 0 unspecified atom stereocenters. The third-order valence-corrected chi connectivity index (χ3v) is 15.5. The predicted molar refractivity (Wildman–Crippen MR) is 142 cm³/mol. The van der Waals surface area contributed by atoms with Gasteiger partial charge in [-0.25, -0.2) is 9.59 Å². The molecule has 3 aliphatic heterocycles. The van der Waals surface area contributed by atoms with Crippen LogP contribution in [0.15, 0.2) is 16.1 Å². The van der Waals surface area contributed by atoms with Crippen LogP contribution in [-0.4, -0.2) is 57.1 Å². The normalized spacial score (nSPS) is 33.9. The lowest BCUT2D eigenvalue weighted by atomic mass is 9.66. The molecule has 8 nitrogen and oxygen atoms in total. The fourth-order valence-corrected chi connectivity index (χ4v) is 13.1.